The molecule has 0 aromatic carbocycles. The molecule has 0 aromatic heterocycles. The average Bonchev–Trinajstić information content (AvgIpc) is 2.90. The Morgan fingerprint density at radius 2 is 2.19 bits per heavy atom. The van der Waals surface area contributed by atoms with Crippen LogP contribution in [0, 0.1) is 0 Å². The summed E-state index contributed by atoms with van der Waals surface area (Å²) in [5, 5.41) is 7.52. The molecule has 16 heavy (non-hydrogen) atoms. The van der Waals surface area contributed by atoms with Crippen molar-refractivity contribution in [2.24, 2.45) is 4.99 Å². The maximum absolute atomic E-state index is 4.65. The number of hydrogen-bond donors (Lipinski definition) is 2. The number of aliphatic imine (C=N–C) groups is 1. The Balaban J connectivity index is 0.00000128. The lowest BCUT2D eigenvalue weighted by Gasteiger charge is -2.11. The molecule has 0 aromatic rings. The van der Waals surface area contributed by atoms with Gasteiger partial charge in [-0.3, -0.25) is 4.99 Å². The molecule has 2 fully saturated rings. The topological polar surface area (TPSA) is 36.4 Å². The standard InChI is InChI=1S/C11H21N3S.HI/c1-2-12-11(14-9-5-6-9)13-8-10-4-3-7-15-10;/h9-10H,2-8H2,1H3,(H2,12,13,14);1H. The van der Waals surface area contributed by atoms with Gasteiger partial charge in [0, 0.05) is 17.8 Å². The normalized spacial score (nSPS) is 25.1. The van der Waals surface area contributed by atoms with Crippen LogP contribution in [-0.2, 0) is 0 Å². The summed E-state index contributed by atoms with van der Waals surface area (Å²) in [6.45, 7) is 4.05. The summed E-state index contributed by atoms with van der Waals surface area (Å²) in [6.07, 6.45) is 5.33. The summed E-state index contributed by atoms with van der Waals surface area (Å²) in [5.41, 5.74) is 0. The van der Waals surface area contributed by atoms with E-state index in [1.54, 1.807) is 0 Å². The number of nitrogens with zero attached hydrogens (tertiary/aromatic N) is 1. The zero-order valence-electron chi connectivity index (χ0n) is 9.87. The molecule has 1 aliphatic heterocycles. The summed E-state index contributed by atoms with van der Waals surface area (Å²) in [4.78, 5) is 4.65. The second-order valence-corrected chi connectivity index (χ2v) is 5.68. The van der Waals surface area contributed by atoms with Crippen LogP contribution in [0.3, 0.4) is 0 Å². The number of hydrogen-bond acceptors (Lipinski definition) is 2. The largest absolute Gasteiger partial charge is 0.357 e. The van der Waals surface area contributed by atoms with E-state index in [1.807, 2.05) is 0 Å². The molecule has 1 aliphatic carbocycles. The minimum atomic E-state index is 0. The molecular weight excluding hydrogens is 333 g/mol. The van der Waals surface area contributed by atoms with Gasteiger partial charge in [-0.2, -0.15) is 11.8 Å². The van der Waals surface area contributed by atoms with Crippen molar-refractivity contribution in [3.05, 3.63) is 0 Å². The zero-order valence-corrected chi connectivity index (χ0v) is 13.0. The van der Waals surface area contributed by atoms with Gasteiger partial charge >= 0.3 is 0 Å². The average molecular weight is 355 g/mol. The van der Waals surface area contributed by atoms with Crippen molar-refractivity contribution in [1.82, 2.24) is 10.6 Å². The molecule has 1 saturated carbocycles. The van der Waals surface area contributed by atoms with Gasteiger partial charge in [0.25, 0.3) is 0 Å². The first kappa shape index (κ1) is 14.4. The minimum Gasteiger partial charge on any atom is -0.357 e. The van der Waals surface area contributed by atoms with Gasteiger partial charge in [-0.1, -0.05) is 0 Å². The van der Waals surface area contributed by atoms with E-state index >= 15 is 0 Å². The van der Waals surface area contributed by atoms with Crippen molar-refractivity contribution in [1.29, 1.82) is 0 Å². The predicted octanol–water partition coefficient (Wildman–Crippen LogP) is 2.22. The molecule has 3 nitrogen and oxygen atoms in total. The van der Waals surface area contributed by atoms with Crippen LogP contribution in [-0.4, -0.2) is 36.1 Å². The van der Waals surface area contributed by atoms with Gasteiger partial charge in [0.15, 0.2) is 5.96 Å². The molecule has 0 bridgehead atoms. The van der Waals surface area contributed by atoms with E-state index in [1.165, 1.54) is 31.4 Å². The highest BCUT2D eigenvalue weighted by molar-refractivity contribution is 14.0. The lowest BCUT2D eigenvalue weighted by Crippen LogP contribution is -2.38. The SMILES string of the molecule is CCNC(=NCC1CCCS1)NC1CC1.I. The lowest BCUT2D eigenvalue weighted by atomic mass is 10.2. The number of guanidine groups is 1. The molecular formula is C11H22IN3S. The smallest absolute Gasteiger partial charge is 0.191 e. The number of halogens is 1. The highest BCUT2D eigenvalue weighted by Crippen LogP contribution is 2.26. The fraction of sp³-hybridized carbons (Fsp3) is 0.909. The third kappa shape index (κ3) is 5.12. The summed E-state index contributed by atoms with van der Waals surface area (Å²) in [7, 11) is 0. The summed E-state index contributed by atoms with van der Waals surface area (Å²) < 4.78 is 0. The van der Waals surface area contributed by atoms with Crippen LogP contribution >= 0.6 is 35.7 Å². The molecule has 94 valence electrons. The first-order valence-electron chi connectivity index (χ1n) is 6.05. The molecule has 0 amide bonds. The first-order chi connectivity index (χ1) is 7.38. The van der Waals surface area contributed by atoms with Crippen molar-refractivity contribution in [2.75, 3.05) is 18.8 Å². The van der Waals surface area contributed by atoms with E-state index in [4.69, 9.17) is 0 Å². The van der Waals surface area contributed by atoms with E-state index in [0.29, 0.717) is 6.04 Å². The molecule has 0 spiro atoms. The zero-order chi connectivity index (χ0) is 10.5. The predicted molar refractivity (Wildman–Crippen MR) is 83.0 cm³/mol. The van der Waals surface area contributed by atoms with E-state index < -0.39 is 0 Å². The Labute approximate surface area is 120 Å². The summed E-state index contributed by atoms with van der Waals surface area (Å²) in [6, 6.07) is 0.694. The number of thioether (sulfide) groups is 1. The van der Waals surface area contributed by atoms with Crippen molar-refractivity contribution < 1.29 is 0 Å². The molecule has 0 radical (unpaired) electrons. The molecule has 1 heterocycles. The number of nitrogens with one attached hydrogen (secondary N) is 2. The van der Waals surface area contributed by atoms with Crippen LogP contribution in [0.2, 0.25) is 0 Å². The van der Waals surface area contributed by atoms with Crippen LogP contribution in [0.15, 0.2) is 4.99 Å². The van der Waals surface area contributed by atoms with Crippen molar-refractivity contribution in [2.45, 2.75) is 43.9 Å². The molecule has 2 aliphatic rings. The fourth-order valence-corrected chi connectivity index (χ4v) is 2.90. The Morgan fingerprint density at radius 3 is 2.75 bits per heavy atom. The highest BCUT2D eigenvalue weighted by atomic mass is 127. The van der Waals surface area contributed by atoms with Crippen LogP contribution in [0.1, 0.15) is 32.6 Å². The van der Waals surface area contributed by atoms with Gasteiger partial charge in [-0.25, -0.2) is 0 Å². The summed E-state index contributed by atoms with van der Waals surface area (Å²) >= 11 is 2.07. The Kier molecular flexibility index (Phi) is 6.87. The third-order valence-electron chi connectivity index (χ3n) is 2.74. The van der Waals surface area contributed by atoms with E-state index in [0.717, 1.165) is 24.3 Å². The van der Waals surface area contributed by atoms with Gasteiger partial charge < -0.3 is 10.6 Å². The van der Waals surface area contributed by atoms with Gasteiger partial charge in [0.2, 0.25) is 0 Å². The second-order valence-electron chi connectivity index (χ2n) is 4.27. The Bertz CT molecular complexity index is 225. The molecule has 1 unspecified atom stereocenters. The highest BCUT2D eigenvalue weighted by Gasteiger charge is 2.22. The van der Waals surface area contributed by atoms with Gasteiger partial charge in [-0.05, 0) is 38.4 Å². The van der Waals surface area contributed by atoms with Crippen LogP contribution in [0.5, 0.6) is 0 Å². The van der Waals surface area contributed by atoms with Gasteiger partial charge in [0.05, 0.1) is 6.54 Å². The van der Waals surface area contributed by atoms with Crippen LogP contribution < -0.4 is 10.6 Å². The molecule has 1 saturated heterocycles. The second kappa shape index (κ2) is 7.63. The van der Waals surface area contributed by atoms with Gasteiger partial charge in [0.1, 0.15) is 0 Å². The minimum absolute atomic E-state index is 0. The Hall–Kier alpha value is 0.350. The van der Waals surface area contributed by atoms with Crippen molar-refractivity contribution in [3.63, 3.8) is 0 Å². The maximum Gasteiger partial charge on any atom is 0.191 e. The van der Waals surface area contributed by atoms with Crippen molar-refractivity contribution in [3.8, 4) is 0 Å². The van der Waals surface area contributed by atoms with Gasteiger partial charge in [-0.15, -0.1) is 24.0 Å². The summed E-state index contributed by atoms with van der Waals surface area (Å²) in [5.74, 6) is 2.35. The lowest BCUT2D eigenvalue weighted by molar-refractivity contribution is 0.763. The molecule has 1 atom stereocenters. The maximum atomic E-state index is 4.65. The monoisotopic (exact) mass is 355 g/mol. The molecule has 5 heteroatoms. The quantitative estimate of drug-likeness (QED) is 0.461. The third-order valence-corrected chi connectivity index (χ3v) is 4.12. The number of rotatable bonds is 4. The van der Waals surface area contributed by atoms with E-state index in [2.05, 4.69) is 34.3 Å². The Morgan fingerprint density at radius 1 is 1.38 bits per heavy atom. The van der Waals surface area contributed by atoms with Crippen LogP contribution in [0.4, 0.5) is 0 Å². The molecule has 2 rings (SSSR count). The van der Waals surface area contributed by atoms with E-state index in [9.17, 15) is 0 Å². The van der Waals surface area contributed by atoms with Crippen LogP contribution in [0.25, 0.3) is 0 Å². The van der Waals surface area contributed by atoms with E-state index in [-0.39, 0.29) is 24.0 Å². The first-order valence-corrected chi connectivity index (χ1v) is 7.10. The molecule has 2 N–H and O–H groups in total. The fourth-order valence-electron chi connectivity index (χ4n) is 1.72. The van der Waals surface area contributed by atoms with Crippen molar-refractivity contribution >= 4 is 41.7 Å².